The number of rotatable bonds is 0. The lowest BCUT2D eigenvalue weighted by molar-refractivity contribution is 0.963. The van der Waals surface area contributed by atoms with Crippen molar-refractivity contribution in [2.24, 2.45) is 5.10 Å². The number of nitrogens with one attached hydrogen (secondary N) is 2. The second-order valence-corrected chi connectivity index (χ2v) is 1.66. The second kappa shape index (κ2) is 1.43. The Morgan fingerprint density at radius 2 is 2.38 bits per heavy atom. The third-order valence-corrected chi connectivity index (χ3v) is 1.02. The minimum atomic E-state index is 0.407. The van der Waals surface area contributed by atoms with Gasteiger partial charge in [-0.05, 0) is 6.92 Å². The van der Waals surface area contributed by atoms with E-state index < -0.39 is 0 Å². The van der Waals surface area contributed by atoms with Crippen LogP contribution < -0.4 is 5.43 Å². The fourth-order valence-electron chi connectivity index (χ4n) is 0.482. The van der Waals surface area contributed by atoms with E-state index in [1.165, 1.54) is 0 Å². The van der Waals surface area contributed by atoms with Gasteiger partial charge in [-0.3, -0.25) is 10.8 Å². The third kappa shape index (κ3) is 0.521. The van der Waals surface area contributed by atoms with Crippen LogP contribution in [0.15, 0.2) is 17.4 Å². The smallest absolute Gasteiger partial charge is 0.101 e. The van der Waals surface area contributed by atoms with E-state index in [0.717, 1.165) is 0 Å². The van der Waals surface area contributed by atoms with E-state index in [4.69, 9.17) is 5.41 Å². The molecule has 1 aliphatic rings. The SMILES string of the molecule is C=C1NN=C(C)C1=N. The molecule has 0 amide bonds. The van der Waals surface area contributed by atoms with Crippen molar-refractivity contribution in [1.29, 1.82) is 5.41 Å². The fraction of sp³-hybridized carbons (Fsp3) is 0.200. The molecule has 0 atom stereocenters. The quantitative estimate of drug-likeness (QED) is 0.467. The molecule has 0 saturated heterocycles. The maximum Gasteiger partial charge on any atom is 0.101 e. The summed E-state index contributed by atoms with van der Waals surface area (Å²) in [6.45, 7) is 5.31. The molecule has 0 bridgehead atoms. The van der Waals surface area contributed by atoms with Crippen molar-refractivity contribution in [3.8, 4) is 0 Å². The highest BCUT2D eigenvalue weighted by molar-refractivity contribution is 6.47. The van der Waals surface area contributed by atoms with Crippen LogP contribution in [0.5, 0.6) is 0 Å². The average Bonchev–Trinajstić information content (AvgIpc) is 1.98. The van der Waals surface area contributed by atoms with E-state index >= 15 is 0 Å². The summed E-state index contributed by atoms with van der Waals surface area (Å²) in [6.07, 6.45) is 0. The van der Waals surface area contributed by atoms with E-state index in [1.807, 2.05) is 0 Å². The summed E-state index contributed by atoms with van der Waals surface area (Å²) in [6, 6.07) is 0. The van der Waals surface area contributed by atoms with Crippen molar-refractivity contribution in [3.63, 3.8) is 0 Å². The van der Waals surface area contributed by atoms with Crippen LogP contribution in [0.1, 0.15) is 6.92 Å². The summed E-state index contributed by atoms with van der Waals surface area (Å²) in [7, 11) is 0. The second-order valence-electron chi connectivity index (χ2n) is 1.66. The largest absolute Gasteiger partial charge is 0.297 e. The van der Waals surface area contributed by atoms with E-state index in [9.17, 15) is 0 Å². The summed E-state index contributed by atoms with van der Waals surface area (Å²) in [5, 5.41) is 10.9. The van der Waals surface area contributed by atoms with Crippen LogP contribution in [0.4, 0.5) is 0 Å². The van der Waals surface area contributed by atoms with Crippen LogP contribution in [0.2, 0.25) is 0 Å². The molecule has 0 spiro atoms. The molecule has 3 heteroatoms. The Hall–Kier alpha value is -1.12. The van der Waals surface area contributed by atoms with Gasteiger partial charge in [-0.25, -0.2) is 0 Å². The topological polar surface area (TPSA) is 48.2 Å². The summed E-state index contributed by atoms with van der Waals surface area (Å²) in [4.78, 5) is 0. The summed E-state index contributed by atoms with van der Waals surface area (Å²) in [5.41, 5.74) is 4.28. The predicted molar refractivity (Wildman–Crippen MR) is 33.1 cm³/mol. The fourth-order valence-corrected chi connectivity index (χ4v) is 0.482. The molecule has 0 aliphatic carbocycles. The van der Waals surface area contributed by atoms with E-state index in [-0.39, 0.29) is 0 Å². The molecule has 8 heavy (non-hydrogen) atoms. The maximum atomic E-state index is 7.17. The molecule has 0 unspecified atom stereocenters. The lowest BCUT2D eigenvalue weighted by Crippen LogP contribution is -2.06. The minimum Gasteiger partial charge on any atom is -0.297 e. The van der Waals surface area contributed by atoms with Crippen molar-refractivity contribution < 1.29 is 0 Å². The molecular formula is C5H7N3. The van der Waals surface area contributed by atoms with Crippen molar-refractivity contribution >= 4 is 11.4 Å². The van der Waals surface area contributed by atoms with Crippen LogP contribution in [0.25, 0.3) is 0 Å². The standard InChI is InChI=1S/C5H7N3/c1-3-5(6)4(2)8-7-3/h6-7H,1H2,2H3. The maximum absolute atomic E-state index is 7.17. The van der Waals surface area contributed by atoms with Gasteiger partial charge in [-0.15, -0.1) is 0 Å². The number of nitrogens with zero attached hydrogens (tertiary/aromatic N) is 1. The Bertz CT molecular complexity index is 178. The molecule has 1 heterocycles. The molecule has 0 radical (unpaired) electrons. The van der Waals surface area contributed by atoms with Crippen LogP contribution in [-0.2, 0) is 0 Å². The number of hydrogen-bond donors (Lipinski definition) is 2. The highest BCUT2D eigenvalue weighted by Gasteiger charge is 2.10. The normalized spacial score (nSPS) is 18.4. The molecule has 3 nitrogen and oxygen atoms in total. The van der Waals surface area contributed by atoms with Gasteiger partial charge in [0.1, 0.15) is 5.71 Å². The first-order valence-corrected chi connectivity index (χ1v) is 2.30. The van der Waals surface area contributed by atoms with Crippen LogP contribution in [0, 0.1) is 5.41 Å². The number of allylic oxidation sites excluding steroid dienone is 1. The lowest BCUT2D eigenvalue weighted by atomic mass is 10.2. The first-order valence-electron chi connectivity index (χ1n) is 2.30. The van der Waals surface area contributed by atoms with Crippen LogP contribution >= 0.6 is 0 Å². The van der Waals surface area contributed by atoms with E-state index in [0.29, 0.717) is 17.1 Å². The molecule has 42 valence electrons. The summed E-state index contributed by atoms with van der Waals surface area (Å²) < 4.78 is 0. The Morgan fingerprint density at radius 1 is 1.75 bits per heavy atom. The molecule has 2 N–H and O–H groups in total. The van der Waals surface area contributed by atoms with Crippen LogP contribution in [-0.4, -0.2) is 11.4 Å². The van der Waals surface area contributed by atoms with E-state index in [2.05, 4.69) is 17.1 Å². The molecule has 1 aliphatic heterocycles. The zero-order valence-electron chi connectivity index (χ0n) is 4.65. The van der Waals surface area contributed by atoms with Crippen molar-refractivity contribution in [1.82, 2.24) is 5.43 Å². The van der Waals surface area contributed by atoms with Gasteiger partial charge in [-0.1, -0.05) is 6.58 Å². The summed E-state index contributed by atoms with van der Waals surface area (Å²) >= 11 is 0. The number of hydrazone groups is 1. The van der Waals surface area contributed by atoms with Gasteiger partial charge in [0.15, 0.2) is 0 Å². The van der Waals surface area contributed by atoms with Gasteiger partial charge in [0.05, 0.1) is 11.4 Å². The zero-order valence-corrected chi connectivity index (χ0v) is 4.65. The van der Waals surface area contributed by atoms with Gasteiger partial charge in [0.25, 0.3) is 0 Å². The number of hydrogen-bond acceptors (Lipinski definition) is 3. The molecule has 0 saturated carbocycles. The predicted octanol–water partition coefficient (Wildman–Crippen LogP) is 0.499. The van der Waals surface area contributed by atoms with Gasteiger partial charge >= 0.3 is 0 Å². The molecule has 0 aromatic carbocycles. The third-order valence-electron chi connectivity index (χ3n) is 1.02. The van der Waals surface area contributed by atoms with Crippen molar-refractivity contribution in [3.05, 3.63) is 12.3 Å². The minimum absolute atomic E-state index is 0.407. The summed E-state index contributed by atoms with van der Waals surface area (Å²) in [5.74, 6) is 0. The Balaban J connectivity index is 2.89. The Labute approximate surface area is 47.6 Å². The first-order chi connectivity index (χ1) is 3.72. The van der Waals surface area contributed by atoms with Gasteiger partial charge in [0.2, 0.25) is 0 Å². The highest BCUT2D eigenvalue weighted by atomic mass is 15.3. The Morgan fingerprint density at radius 3 is 2.50 bits per heavy atom. The molecule has 1 rings (SSSR count). The monoisotopic (exact) mass is 109 g/mol. The van der Waals surface area contributed by atoms with Crippen LogP contribution in [0.3, 0.4) is 0 Å². The zero-order chi connectivity index (χ0) is 6.15. The van der Waals surface area contributed by atoms with Crippen molar-refractivity contribution in [2.45, 2.75) is 6.92 Å². The molecular weight excluding hydrogens is 102 g/mol. The molecule has 0 fully saturated rings. The average molecular weight is 109 g/mol. The lowest BCUT2D eigenvalue weighted by Gasteiger charge is -1.88. The van der Waals surface area contributed by atoms with Gasteiger partial charge < -0.3 is 0 Å². The first kappa shape index (κ1) is 5.03. The molecule has 0 aromatic rings. The molecule has 0 aromatic heterocycles. The van der Waals surface area contributed by atoms with Gasteiger partial charge in [-0.2, -0.15) is 5.10 Å². The van der Waals surface area contributed by atoms with E-state index in [1.54, 1.807) is 6.92 Å². The highest BCUT2D eigenvalue weighted by Crippen LogP contribution is 1.97. The van der Waals surface area contributed by atoms with Crippen molar-refractivity contribution in [2.75, 3.05) is 0 Å². The van der Waals surface area contributed by atoms with Gasteiger partial charge in [0, 0.05) is 0 Å². The Kier molecular flexibility index (Phi) is 0.901.